The molecule has 1 N–H and O–H groups in total. The van der Waals surface area contributed by atoms with Crippen molar-refractivity contribution >= 4 is 11.8 Å². The zero-order valence-electron chi connectivity index (χ0n) is 9.78. The van der Waals surface area contributed by atoms with Gasteiger partial charge in [0.2, 0.25) is 0 Å². The molecule has 1 heterocycles. The van der Waals surface area contributed by atoms with Crippen LogP contribution in [0.3, 0.4) is 0 Å². The third kappa shape index (κ3) is 3.35. The highest BCUT2D eigenvalue weighted by Crippen LogP contribution is 2.22. The Morgan fingerprint density at radius 2 is 2.12 bits per heavy atom. The Bertz CT molecular complexity index is 455. The molecule has 2 aromatic rings. The average Bonchev–Trinajstić information content (AvgIpc) is 2.76. The first-order valence-corrected chi connectivity index (χ1v) is 6.59. The number of rotatable bonds is 5. The fourth-order valence-electron chi connectivity index (χ4n) is 1.59. The fourth-order valence-corrected chi connectivity index (χ4v) is 2.52. The molecular weight excluding hydrogens is 232 g/mol. The van der Waals surface area contributed by atoms with Gasteiger partial charge in [0.05, 0.1) is 6.10 Å². The van der Waals surface area contributed by atoms with Crippen LogP contribution in [-0.4, -0.2) is 20.4 Å². The summed E-state index contributed by atoms with van der Waals surface area (Å²) in [7, 11) is 1.98. The highest BCUT2D eigenvalue weighted by Gasteiger charge is 2.07. The summed E-state index contributed by atoms with van der Waals surface area (Å²) in [5.74, 6) is 0.862. The van der Waals surface area contributed by atoms with Crippen molar-refractivity contribution in [1.82, 2.24) is 9.55 Å². The number of hydrogen-bond donors (Lipinski definition) is 1. The Morgan fingerprint density at radius 1 is 1.35 bits per heavy atom. The van der Waals surface area contributed by atoms with E-state index in [-0.39, 0.29) is 6.10 Å². The van der Waals surface area contributed by atoms with Gasteiger partial charge >= 0.3 is 0 Å². The van der Waals surface area contributed by atoms with E-state index >= 15 is 0 Å². The summed E-state index contributed by atoms with van der Waals surface area (Å²) in [6, 6.07) is 9.76. The van der Waals surface area contributed by atoms with Crippen LogP contribution in [0.25, 0.3) is 0 Å². The summed E-state index contributed by atoms with van der Waals surface area (Å²) in [6.07, 6.45) is 4.07. The second-order valence-corrected chi connectivity index (χ2v) is 4.95. The molecule has 0 aliphatic carbocycles. The Hall–Kier alpha value is -1.26. The first kappa shape index (κ1) is 12.2. The van der Waals surface area contributed by atoms with Crippen LogP contribution < -0.4 is 0 Å². The standard InChI is InChI=1S/C13H16N2OS/c1-15-9-8-14-13(15)17-10-7-12(16)11-5-3-2-4-6-11/h2-6,8-9,12,16H,7,10H2,1H3/t12-/m1/s1. The summed E-state index contributed by atoms with van der Waals surface area (Å²) in [5, 5.41) is 11.0. The molecule has 17 heavy (non-hydrogen) atoms. The van der Waals surface area contributed by atoms with Gasteiger partial charge < -0.3 is 9.67 Å². The Morgan fingerprint density at radius 3 is 2.76 bits per heavy atom. The van der Waals surface area contributed by atoms with Crippen LogP contribution in [0.2, 0.25) is 0 Å². The molecule has 0 radical (unpaired) electrons. The van der Waals surface area contributed by atoms with Crippen LogP contribution in [-0.2, 0) is 7.05 Å². The van der Waals surface area contributed by atoms with Gasteiger partial charge in [-0.05, 0) is 12.0 Å². The molecule has 3 nitrogen and oxygen atoms in total. The van der Waals surface area contributed by atoms with Gasteiger partial charge in [-0.15, -0.1) is 0 Å². The van der Waals surface area contributed by atoms with Crippen molar-refractivity contribution < 1.29 is 5.11 Å². The molecule has 2 rings (SSSR count). The van der Waals surface area contributed by atoms with Gasteiger partial charge in [0.1, 0.15) is 0 Å². The Labute approximate surface area is 106 Å². The maximum Gasteiger partial charge on any atom is 0.167 e. The summed E-state index contributed by atoms with van der Waals surface area (Å²) in [6.45, 7) is 0. The van der Waals surface area contributed by atoms with E-state index in [1.807, 2.05) is 48.1 Å². The van der Waals surface area contributed by atoms with Crippen molar-refractivity contribution in [2.45, 2.75) is 17.7 Å². The zero-order valence-corrected chi connectivity index (χ0v) is 10.6. The lowest BCUT2D eigenvalue weighted by Crippen LogP contribution is -1.99. The van der Waals surface area contributed by atoms with Crippen molar-refractivity contribution in [3.63, 3.8) is 0 Å². The predicted octanol–water partition coefficient (Wildman–Crippen LogP) is 2.64. The Kier molecular flexibility index (Phi) is 4.23. The van der Waals surface area contributed by atoms with E-state index in [0.29, 0.717) is 0 Å². The minimum absolute atomic E-state index is 0.385. The van der Waals surface area contributed by atoms with Crippen molar-refractivity contribution in [2.75, 3.05) is 5.75 Å². The van der Waals surface area contributed by atoms with E-state index in [9.17, 15) is 5.11 Å². The second kappa shape index (κ2) is 5.89. The van der Waals surface area contributed by atoms with Crippen LogP contribution in [0.15, 0.2) is 47.9 Å². The van der Waals surface area contributed by atoms with Gasteiger partial charge in [-0.2, -0.15) is 0 Å². The lowest BCUT2D eigenvalue weighted by atomic mass is 10.1. The minimum atomic E-state index is -0.385. The van der Waals surface area contributed by atoms with Gasteiger partial charge in [-0.25, -0.2) is 4.98 Å². The van der Waals surface area contributed by atoms with Gasteiger partial charge in [0.25, 0.3) is 0 Å². The largest absolute Gasteiger partial charge is 0.388 e. The molecule has 0 aliphatic rings. The predicted molar refractivity (Wildman–Crippen MR) is 70.0 cm³/mol. The number of nitrogens with zero attached hydrogens (tertiary/aromatic N) is 2. The van der Waals surface area contributed by atoms with E-state index < -0.39 is 0 Å². The highest BCUT2D eigenvalue weighted by molar-refractivity contribution is 7.99. The molecule has 0 amide bonds. The highest BCUT2D eigenvalue weighted by atomic mass is 32.2. The smallest absolute Gasteiger partial charge is 0.167 e. The number of aryl methyl sites for hydroxylation is 1. The topological polar surface area (TPSA) is 38.0 Å². The van der Waals surface area contributed by atoms with Crippen LogP contribution in [0.5, 0.6) is 0 Å². The van der Waals surface area contributed by atoms with E-state index in [4.69, 9.17) is 0 Å². The van der Waals surface area contributed by atoms with Crippen molar-refractivity contribution in [3.05, 3.63) is 48.3 Å². The Balaban J connectivity index is 1.81. The maximum atomic E-state index is 9.98. The van der Waals surface area contributed by atoms with Crippen molar-refractivity contribution in [2.24, 2.45) is 7.05 Å². The summed E-state index contributed by atoms with van der Waals surface area (Å²) in [5.41, 5.74) is 0.980. The molecule has 0 bridgehead atoms. The lowest BCUT2D eigenvalue weighted by Gasteiger charge is -2.10. The molecule has 1 atom stereocenters. The van der Waals surface area contributed by atoms with Crippen molar-refractivity contribution in [1.29, 1.82) is 0 Å². The number of benzene rings is 1. The van der Waals surface area contributed by atoms with E-state index in [1.165, 1.54) is 0 Å². The third-order valence-electron chi connectivity index (χ3n) is 2.58. The number of aliphatic hydroxyl groups excluding tert-OH is 1. The molecule has 0 spiro atoms. The molecule has 90 valence electrons. The number of thioether (sulfide) groups is 1. The first-order chi connectivity index (χ1) is 8.27. The maximum absolute atomic E-state index is 9.98. The van der Waals surface area contributed by atoms with Gasteiger partial charge in [-0.3, -0.25) is 0 Å². The number of imidazole rings is 1. The molecule has 1 aromatic carbocycles. The summed E-state index contributed by atoms with van der Waals surface area (Å²) in [4.78, 5) is 4.23. The minimum Gasteiger partial charge on any atom is -0.388 e. The van der Waals surface area contributed by atoms with Gasteiger partial charge in [0.15, 0.2) is 5.16 Å². The lowest BCUT2D eigenvalue weighted by molar-refractivity contribution is 0.175. The molecular formula is C13H16N2OS. The van der Waals surface area contributed by atoms with Crippen molar-refractivity contribution in [3.8, 4) is 0 Å². The van der Waals surface area contributed by atoms with Crippen LogP contribution in [0, 0.1) is 0 Å². The quantitative estimate of drug-likeness (QED) is 0.827. The first-order valence-electron chi connectivity index (χ1n) is 5.60. The summed E-state index contributed by atoms with van der Waals surface area (Å²) >= 11 is 1.67. The SMILES string of the molecule is Cn1ccnc1SCC[C@@H](O)c1ccccc1. The molecule has 0 aliphatic heterocycles. The zero-order chi connectivity index (χ0) is 12.1. The monoisotopic (exact) mass is 248 g/mol. The van der Waals surface area contributed by atoms with Crippen LogP contribution in [0.1, 0.15) is 18.1 Å². The molecule has 0 saturated heterocycles. The van der Waals surface area contributed by atoms with Crippen LogP contribution >= 0.6 is 11.8 Å². The van der Waals surface area contributed by atoms with E-state index in [0.717, 1.165) is 22.9 Å². The molecule has 0 unspecified atom stereocenters. The summed E-state index contributed by atoms with van der Waals surface area (Å²) < 4.78 is 1.99. The molecule has 0 fully saturated rings. The fraction of sp³-hybridized carbons (Fsp3) is 0.308. The van der Waals surface area contributed by atoms with Crippen LogP contribution in [0.4, 0.5) is 0 Å². The molecule has 1 aromatic heterocycles. The number of aromatic nitrogens is 2. The van der Waals surface area contributed by atoms with Gasteiger partial charge in [0, 0.05) is 25.2 Å². The number of aliphatic hydroxyl groups is 1. The van der Waals surface area contributed by atoms with E-state index in [1.54, 1.807) is 18.0 Å². The molecule has 4 heteroatoms. The normalized spacial score (nSPS) is 12.6. The van der Waals surface area contributed by atoms with Gasteiger partial charge in [-0.1, -0.05) is 42.1 Å². The third-order valence-corrected chi connectivity index (χ3v) is 3.68. The van der Waals surface area contributed by atoms with E-state index in [2.05, 4.69) is 4.98 Å². The number of hydrogen-bond acceptors (Lipinski definition) is 3. The average molecular weight is 248 g/mol. The molecule has 0 saturated carbocycles. The second-order valence-electron chi connectivity index (χ2n) is 3.88.